The van der Waals surface area contributed by atoms with Gasteiger partial charge in [-0.15, -0.1) is 0 Å². The molecule has 1 aromatic rings. The molecular formula is C11H10N2O2. The van der Waals surface area contributed by atoms with Crippen molar-refractivity contribution >= 4 is 18.3 Å². The maximum Gasteiger partial charge on any atom is 0.277 e. The molecule has 2 rings (SSSR count). The summed E-state index contributed by atoms with van der Waals surface area (Å²) in [6.07, 6.45) is 3.16. The van der Waals surface area contributed by atoms with Gasteiger partial charge in [0.05, 0.1) is 6.34 Å². The summed E-state index contributed by atoms with van der Waals surface area (Å²) in [5, 5.41) is 9.09. The van der Waals surface area contributed by atoms with E-state index in [2.05, 4.69) is 4.99 Å². The molecule has 76 valence electrons. The van der Waals surface area contributed by atoms with E-state index in [1.54, 1.807) is 37.4 Å². The number of aliphatic imine (C=N–C) groups is 1. The Hall–Kier alpha value is -2.10. The van der Waals surface area contributed by atoms with E-state index >= 15 is 0 Å². The molecule has 0 radical (unpaired) electrons. The van der Waals surface area contributed by atoms with E-state index in [1.165, 1.54) is 11.2 Å². The molecule has 0 unspecified atom stereocenters. The van der Waals surface area contributed by atoms with Crippen LogP contribution in [0.2, 0.25) is 0 Å². The number of likely N-dealkylation sites (N-methyl/N-ethyl adjacent to an activating group) is 1. The van der Waals surface area contributed by atoms with Crippen LogP contribution in [-0.2, 0) is 4.79 Å². The van der Waals surface area contributed by atoms with Crippen LogP contribution >= 0.6 is 0 Å². The lowest BCUT2D eigenvalue weighted by Crippen LogP contribution is -2.19. The van der Waals surface area contributed by atoms with Gasteiger partial charge < -0.3 is 10.0 Å². The van der Waals surface area contributed by atoms with Gasteiger partial charge in [-0.1, -0.05) is 12.1 Å². The molecule has 1 aromatic carbocycles. The molecule has 1 N–H and O–H groups in total. The predicted molar refractivity (Wildman–Crippen MR) is 57.3 cm³/mol. The van der Waals surface area contributed by atoms with Crippen molar-refractivity contribution < 1.29 is 9.90 Å². The van der Waals surface area contributed by atoms with E-state index in [9.17, 15) is 4.79 Å². The van der Waals surface area contributed by atoms with E-state index in [4.69, 9.17) is 5.11 Å². The second-order valence-corrected chi connectivity index (χ2v) is 3.28. The van der Waals surface area contributed by atoms with Gasteiger partial charge in [0.25, 0.3) is 5.91 Å². The van der Waals surface area contributed by atoms with Gasteiger partial charge in [0.2, 0.25) is 0 Å². The molecule has 0 aromatic heterocycles. The van der Waals surface area contributed by atoms with Gasteiger partial charge in [-0.05, 0) is 23.8 Å². The molecule has 0 saturated heterocycles. The number of hydrogen-bond acceptors (Lipinski definition) is 3. The minimum absolute atomic E-state index is 0.122. The molecule has 1 aliphatic heterocycles. The fourth-order valence-electron chi connectivity index (χ4n) is 1.26. The first kappa shape index (κ1) is 9.45. The second kappa shape index (κ2) is 3.57. The maximum atomic E-state index is 11.5. The first-order chi connectivity index (χ1) is 7.16. The first-order valence-electron chi connectivity index (χ1n) is 4.49. The zero-order valence-corrected chi connectivity index (χ0v) is 8.21. The minimum Gasteiger partial charge on any atom is -0.508 e. The smallest absolute Gasteiger partial charge is 0.277 e. The monoisotopic (exact) mass is 202 g/mol. The molecule has 4 heteroatoms. The van der Waals surface area contributed by atoms with Crippen LogP contribution < -0.4 is 0 Å². The number of carbonyl (C=O) groups is 1. The largest absolute Gasteiger partial charge is 0.508 e. The van der Waals surface area contributed by atoms with Crippen molar-refractivity contribution in [1.29, 1.82) is 0 Å². The Labute approximate surface area is 87.2 Å². The molecule has 0 saturated carbocycles. The molecule has 1 heterocycles. The summed E-state index contributed by atoms with van der Waals surface area (Å²) in [4.78, 5) is 16.8. The number of nitrogens with zero attached hydrogens (tertiary/aromatic N) is 2. The molecule has 0 atom stereocenters. The number of rotatable bonds is 1. The van der Waals surface area contributed by atoms with E-state index in [-0.39, 0.29) is 11.7 Å². The lowest BCUT2D eigenvalue weighted by Gasteiger charge is -2.01. The van der Waals surface area contributed by atoms with Crippen molar-refractivity contribution in [3.05, 3.63) is 35.5 Å². The lowest BCUT2D eigenvalue weighted by molar-refractivity contribution is -0.121. The minimum atomic E-state index is -0.122. The molecule has 0 fully saturated rings. The second-order valence-electron chi connectivity index (χ2n) is 3.28. The Morgan fingerprint density at radius 3 is 2.53 bits per heavy atom. The number of hydrogen-bond donors (Lipinski definition) is 1. The number of amides is 1. The fraction of sp³-hybridized carbons (Fsp3) is 0.0909. The van der Waals surface area contributed by atoms with Crippen molar-refractivity contribution in [2.24, 2.45) is 4.99 Å². The quantitative estimate of drug-likeness (QED) is 0.696. The molecule has 0 aliphatic carbocycles. The van der Waals surface area contributed by atoms with Crippen LogP contribution in [0.4, 0.5) is 0 Å². The summed E-state index contributed by atoms with van der Waals surface area (Å²) >= 11 is 0. The number of benzene rings is 1. The van der Waals surface area contributed by atoms with Crippen LogP contribution in [0.5, 0.6) is 5.75 Å². The summed E-state index contributed by atoms with van der Waals surface area (Å²) in [6, 6.07) is 6.59. The van der Waals surface area contributed by atoms with Gasteiger partial charge >= 0.3 is 0 Å². The summed E-state index contributed by atoms with van der Waals surface area (Å²) < 4.78 is 0. The van der Waals surface area contributed by atoms with Gasteiger partial charge in [-0.3, -0.25) is 4.79 Å². The van der Waals surface area contributed by atoms with E-state index in [1.807, 2.05) is 0 Å². The highest BCUT2D eigenvalue weighted by Crippen LogP contribution is 2.16. The molecular weight excluding hydrogens is 192 g/mol. The van der Waals surface area contributed by atoms with Crippen molar-refractivity contribution in [2.75, 3.05) is 7.05 Å². The van der Waals surface area contributed by atoms with Gasteiger partial charge in [0.1, 0.15) is 11.4 Å². The van der Waals surface area contributed by atoms with Gasteiger partial charge in [0, 0.05) is 7.05 Å². The standard InChI is InChI=1S/C11H10N2O2/c1-13-7-12-10(11(13)15)6-8-2-4-9(14)5-3-8/h2-7,14H,1H3/b10-6-. The topological polar surface area (TPSA) is 52.9 Å². The summed E-state index contributed by atoms with van der Waals surface area (Å²) in [7, 11) is 1.66. The molecule has 0 spiro atoms. The number of carbonyl (C=O) groups excluding carboxylic acids is 1. The van der Waals surface area contributed by atoms with Crippen molar-refractivity contribution in [3.63, 3.8) is 0 Å². The number of aromatic hydroxyl groups is 1. The third-order valence-corrected chi connectivity index (χ3v) is 2.11. The SMILES string of the molecule is CN1C=N/C(=C\c2ccc(O)cc2)C1=O. The van der Waals surface area contributed by atoms with Gasteiger partial charge in [-0.2, -0.15) is 0 Å². The highest BCUT2D eigenvalue weighted by Gasteiger charge is 2.17. The summed E-state index contributed by atoms with van der Waals surface area (Å²) in [5.74, 6) is 0.0820. The van der Waals surface area contributed by atoms with Crippen LogP contribution in [0, 0.1) is 0 Å². The van der Waals surface area contributed by atoms with Crippen LogP contribution in [0.1, 0.15) is 5.56 Å². The van der Waals surface area contributed by atoms with Crippen molar-refractivity contribution in [3.8, 4) is 5.75 Å². The third kappa shape index (κ3) is 1.88. The number of phenols is 1. The molecule has 1 aliphatic rings. The Balaban J connectivity index is 2.28. The van der Waals surface area contributed by atoms with Crippen molar-refractivity contribution in [1.82, 2.24) is 4.90 Å². The zero-order chi connectivity index (χ0) is 10.8. The first-order valence-corrected chi connectivity index (χ1v) is 4.49. The van der Waals surface area contributed by atoms with Crippen LogP contribution in [-0.4, -0.2) is 29.3 Å². The average molecular weight is 202 g/mol. The Bertz CT molecular complexity index is 446. The fourth-order valence-corrected chi connectivity index (χ4v) is 1.26. The van der Waals surface area contributed by atoms with Gasteiger partial charge in [0.15, 0.2) is 0 Å². The normalized spacial score (nSPS) is 17.8. The summed E-state index contributed by atoms with van der Waals surface area (Å²) in [6.45, 7) is 0. The summed E-state index contributed by atoms with van der Waals surface area (Å²) in [5.41, 5.74) is 1.24. The number of phenolic OH excluding ortho intramolecular Hbond substituents is 1. The highest BCUT2D eigenvalue weighted by molar-refractivity contribution is 6.07. The molecule has 0 bridgehead atoms. The molecule has 15 heavy (non-hydrogen) atoms. The average Bonchev–Trinajstić information content (AvgIpc) is 2.53. The molecule has 4 nitrogen and oxygen atoms in total. The third-order valence-electron chi connectivity index (χ3n) is 2.11. The van der Waals surface area contributed by atoms with E-state index in [0.717, 1.165) is 5.56 Å². The highest BCUT2D eigenvalue weighted by atomic mass is 16.3. The van der Waals surface area contributed by atoms with Crippen LogP contribution in [0.3, 0.4) is 0 Å². The zero-order valence-electron chi connectivity index (χ0n) is 8.21. The predicted octanol–water partition coefficient (Wildman–Crippen LogP) is 1.23. The maximum absolute atomic E-state index is 11.5. The molecule has 1 amide bonds. The van der Waals surface area contributed by atoms with E-state index < -0.39 is 0 Å². The van der Waals surface area contributed by atoms with Gasteiger partial charge in [-0.25, -0.2) is 4.99 Å². The Kier molecular flexibility index (Phi) is 2.25. The van der Waals surface area contributed by atoms with E-state index in [0.29, 0.717) is 5.70 Å². The van der Waals surface area contributed by atoms with Crippen LogP contribution in [0.25, 0.3) is 6.08 Å². The van der Waals surface area contributed by atoms with Crippen molar-refractivity contribution in [2.45, 2.75) is 0 Å². The van der Waals surface area contributed by atoms with Crippen LogP contribution in [0.15, 0.2) is 35.0 Å². The Morgan fingerprint density at radius 1 is 1.33 bits per heavy atom. The lowest BCUT2D eigenvalue weighted by atomic mass is 10.2. The Morgan fingerprint density at radius 2 is 2.00 bits per heavy atom.